The van der Waals surface area contributed by atoms with Crippen LogP contribution in [0.4, 0.5) is 0 Å². The van der Waals surface area contributed by atoms with Crippen molar-refractivity contribution in [3.63, 3.8) is 0 Å². The molecular weight excluding hydrogens is 454 g/mol. The Balaban J connectivity index is 5.36. The molecule has 0 saturated heterocycles. The molecule has 4 atom stereocenters. The molecule has 0 aliphatic carbocycles. The second-order valence-corrected chi connectivity index (χ2v) is 9.36. The fraction of sp³-hybridized carbons (Fsp3) is 0.800. The molecule has 0 rings (SSSR count). The van der Waals surface area contributed by atoms with Crippen molar-refractivity contribution in [1.82, 2.24) is 16.0 Å². The molecule has 4 unspecified atom stereocenters. The molecule has 0 spiro atoms. The number of rotatable bonds is 17. The van der Waals surface area contributed by atoms with Crippen LogP contribution in [-0.4, -0.2) is 77.3 Å². The van der Waals surface area contributed by atoms with Gasteiger partial charge in [0.1, 0.15) is 18.1 Å². The Labute approximate surface area is 200 Å². The Morgan fingerprint density at radius 3 is 2.00 bits per heavy atom. The average molecular weight is 494 g/mol. The van der Waals surface area contributed by atoms with E-state index in [9.17, 15) is 24.3 Å². The van der Waals surface area contributed by atoms with Crippen molar-refractivity contribution in [3.8, 4) is 0 Å². The summed E-state index contributed by atoms with van der Waals surface area (Å²) in [6, 6.07) is -3.75. The Morgan fingerprint density at radius 1 is 0.938 bits per heavy atom. The van der Waals surface area contributed by atoms with Crippen LogP contribution in [0.1, 0.15) is 46.0 Å². The monoisotopic (exact) mass is 493 g/mol. The summed E-state index contributed by atoms with van der Waals surface area (Å²) < 4.78 is 0. The summed E-state index contributed by atoms with van der Waals surface area (Å²) in [5.41, 5.74) is 11.4. The van der Waals surface area contributed by atoms with E-state index in [2.05, 4.69) is 28.6 Å². The maximum Gasteiger partial charge on any atom is 0.327 e. The molecule has 0 aromatic carbocycles. The molecular formula is C20H39N5O5S2. The van der Waals surface area contributed by atoms with Gasteiger partial charge in [-0.25, -0.2) is 4.79 Å². The molecule has 0 aliphatic heterocycles. The molecule has 0 fully saturated rings. The lowest BCUT2D eigenvalue weighted by Crippen LogP contribution is -2.57. The number of carboxylic acids is 1. The molecule has 186 valence electrons. The quantitative estimate of drug-likeness (QED) is 0.107. The van der Waals surface area contributed by atoms with Gasteiger partial charge in [-0.2, -0.15) is 24.4 Å². The van der Waals surface area contributed by atoms with E-state index in [1.165, 1.54) is 0 Å². The zero-order valence-corrected chi connectivity index (χ0v) is 20.8. The first-order valence-corrected chi connectivity index (χ1v) is 12.8. The number of nitrogens with two attached hydrogens (primary N) is 2. The van der Waals surface area contributed by atoms with Gasteiger partial charge in [0, 0.05) is 5.75 Å². The van der Waals surface area contributed by atoms with Gasteiger partial charge >= 0.3 is 5.97 Å². The second-order valence-electron chi connectivity index (χ2n) is 8.01. The van der Waals surface area contributed by atoms with Crippen molar-refractivity contribution >= 4 is 48.1 Å². The third kappa shape index (κ3) is 12.5. The number of thiol groups is 1. The van der Waals surface area contributed by atoms with Crippen LogP contribution in [0.25, 0.3) is 0 Å². The van der Waals surface area contributed by atoms with Crippen molar-refractivity contribution in [1.29, 1.82) is 0 Å². The number of aliphatic carboxylic acids is 1. The van der Waals surface area contributed by atoms with Gasteiger partial charge in [0.25, 0.3) is 0 Å². The van der Waals surface area contributed by atoms with Gasteiger partial charge in [-0.15, -0.1) is 0 Å². The lowest BCUT2D eigenvalue weighted by molar-refractivity contribution is -0.141. The maximum atomic E-state index is 13.0. The van der Waals surface area contributed by atoms with E-state index in [0.29, 0.717) is 32.2 Å². The van der Waals surface area contributed by atoms with Crippen LogP contribution in [0, 0.1) is 5.92 Å². The van der Waals surface area contributed by atoms with Gasteiger partial charge in [0.2, 0.25) is 17.7 Å². The molecule has 8 N–H and O–H groups in total. The predicted molar refractivity (Wildman–Crippen MR) is 131 cm³/mol. The van der Waals surface area contributed by atoms with Crippen molar-refractivity contribution in [2.24, 2.45) is 17.4 Å². The lowest BCUT2D eigenvalue weighted by Gasteiger charge is -2.26. The summed E-state index contributed by atoms with van der Waals surface area (Å²) in [7, 11) is 0. The number of thioether (sulfide) groups is 1. The van der Waals surface area contributed by atoms with Gasteiger partial charge in [0.05, 0.1) is 6.04 Å². The molecule has 32 heavy (non-hydrogen) atoms. The fourth-order valence-electron chi connectivity index (χ4n) is 2.85. The number of unbranched alkanes of at least 4 members (excludes halogenated alkanes) is 1. The highest BCUT2D eigenvalue weighted by Gasteiger charge is 2.30. The summed E-state index contributed by atoms with van der Waals surface area (Å²) in [6.45, 7) is 4.25. The third-order valence-corrected chi connectivity index (χ3v) is 5.70. The van der Waals surface area contributed by atoms with Crippen LogP contribution in [0.15, 0.2) is 0 Å². The summed E-state index contributed by atoms with van der Waals surface area (Å²) in [5.74, 6) is -2.06. The largest absolute Gasteiger partial charge is 0.480 e. The first kappa shape index (κ1) is 30.5. The summed E-state index contributed by atoms with van der Waals surface area (Å²) in [5, 5.41) is 16.9. The molecule has 0 aliphatic rings. The molecule has 3 amide bonds. The summed E-state index contributed by atoms with van der Waals surface area (Å²) >= 11 is 5.52. The summed E-state index contributed by atoms with van der Waals surface area (Å²) in [4.78, 5) is 49.3. The van der Waals surface area contributed by atoms with Crippen LogP contribution in [0.2, 0.25) is 0 Å². The Morgan fingerprint density at radius 2 is 1.50 bits per heavy atom. The van der Waals surface area contributed by atoms with Gasteiger partial charge < -0.3 is 32.5 Å². The van der Waals surface area contributed by atoms with E-state index in [-0.39, 0.29) is 18.1 Å². The molecule has 12 heteroatoms. The van der Waals surface area contributed by atoms with Gasteiger partial charge in [-0.3, -0.25) is 14.4 Å². The Bertz CT molecular complexity index is 609. The smallest absolute Gasteiger partial charge is 0.327 e. The normalized spacial score (nSPS) is 14.8. The minimum atomic E-state index is -1.22. The van der Waals surface area contributed by atoms with Gasteiger partial charge in [-0.05, 0) is 56.6 Å². The van der Waals surface area contributed by atoms with E-state index >= 15 is 0 Å². The van der Waals surface area contributed by atoms with Crippen LogP contribution in [-0.2, 0) is 19.2 Å². The van der Waals surface area contributed by atoms with Crippen molar-refractivity contribution in [3.05, 3.63) is 0 Å². The van der Waals surface area contributed by atoms with E-state index < -0.39 is 47.9 Å². The molecule has 0 aromatic rings. The van der Waals surface area contributed by atoms with E-state index in [0.717, 1.165) is 5.75 Å². The topological polar surface area (TPSA) is 177 Å². The van der Waals surface area contributed by atoms with Crippen LogP contribution in [0.5, 0.6) is 0 Å². The van der Waals surface area contributed by atoms with E-state index in [4.69, 9.17) is 11.5 Å². The van der Waals surface area contributed by atoms with E-state index in [1.807, 2.05) is 20.1 Å². The number of amides is 3. The second kappa shape index (κ2) is 17.0. The van der Waals surface area contributed by atoms with Crippen molar-refractivity contribution in [2.75, 3.05) is 24.3 Å². The van der Waals surface area contributed by atoms with Crippen molar-refractivity contribution in [2.45, 2.75) is 70.1 Å². The zero-order chi connectivity index (χ0) is 24.7. The van der Waals surface area contributed by atoms with Crippen LogP contribution in [0.3, 0.4) is 0 Å². The van der Waals surface area contributed by atoms with Crippen LogP contribution >= 0.6 is 24.4 Å². The third-order valence-electron chi connectivity index (χ3n) is 4.69. The lowest BCUT2D eigenvalue weighted by atomic mass is 10.0. The van der Waals surface area contributed by atoms with Crippen LogP contribution < -0.4 is 27.4 Å². The number of carbonyl (C=O) groups excluding carboxylic acids is 3. The fourth-order valence-corrected chi connectivity index (χ4v) is 3.59. The number of carbonyl (C=O) groups is 4. The first-order chi connectivity index (χ1) is 15.1. The summed E-state index contributed by atoms with van der Waals surface area (Å²) in [6.07, 6.45) is 4.24. The number of carboxylic acid groups (broad SMARTS) is 1. The molecule has 0 aromatic heterocycles. The Hall–Kier alpha value is -1.50. The van der Waals surface area contributed by atoms with Gasteiger partial charge in [-0.1, -0.05) is 13.8 Å². The Kier molecular flexibility index (Phi) is 16.2. The maximum absolute atomic E-state index is 13.0. The van der Waals surface area contributed by atoms with Gasteiger partial charge in [0.15, 0.2) is 0 Å². The minimum Gasteiger partial charge on any atom is -0.480 e. The zero-order valence-electron chi connectivity index (χ0n) is 19.1. The number of hydrogen-bond donors (Lipinski definition) is 7. The van der Waals surface area contributed by atoms with Crippen molar-refractivity contribution < 1.29 is 24.3 Å². The minimum absolute atomic E-state index is 0.0928. The highest BCUT2D eigenvalue weighted by atomic mass is 32.2. The number of hydrogen-bond acceptors (Lipinski definition) is 8. The molecule has 0 bridgehead atoms. The molecule has 0 saturated carbocycles. The predicted octanol–water partition coefficient (Wildman–Crippen LogP) is -0.289. The molecule has 10 nitrogen and oxygen atoms in total. The van der Waals surface area contributed by atoms with E-state index in [1.54, 1.807) is 11.8 Å². The average Bonchev–Trinajstić information content (AvgIpc) is 2.73. The highest BCUT2D eigenvalue weighted by Crippen LogP contribution is 2.09. The molecule has 0 radical (unpaired) electrons. The first-order valence-electron chi connectivity index (χ1n) is 10.8. The number of nitrogens with one attached hydrogen (secondary N) is 3. The SMILES string of the molecule is CSCCC(N)C(=O)NC(CC(C)C)C(=O)NC(CCCCN)C(=O)NC(CS)C(=O)O. The standard InChI is InChI=1S/C20H39N5O5S2/c1-12(2)10-15(24-17(26)13(22)7-9-32-3)19(28)23-14(6-4-5-8-21)18(27)25-16(11-31)20(29)30/h12-16,31H,4-11,21-22H2,1-3H3,(H,23,28)(H,24,26)(H,25,27)(H,29,30). The molecule has 0 heterocycles. The highest BCUT2D eigenvalue weighted by molar-refractivity contribution is 7.98.